The van der Waals surface area contributed by atoms with Gasteiger partial charge in [-0.1, -0.05) is 0 Å². The van der Waals surface area contributed by atoms with E-state index in [1.807, 2.05) is 6.92 Å². The van der Waals surface area contributed by atoms with Gasteiger partial charge in [-0.15, -0.1) is 0 Å². The first kappa shape index (κ1) is 8.04. The minimum atomic E-state index is 0.231. The lowest BCUT2D eigenvalue weighted by atomic mass is 10.2. The third-order valence-corrected chi connectivity index (χ3v) is 1.84. The number of ether oxygens (including phenoxy) is 3. The molecule has 0 saturated heterocycles. The second-order valence-electron chi connectivity index (χ2n) is 2.64. The second-order valence-corrected chi connectivity index (χ2v) is 2.64. The lowest BCUT2D eigenvalue weighted by Gasteiger charge is -2.07. The summed E-state index contributed by atoms with van der Waals surface area (Å²) in [7, 11) is 0. The number of anilines is 1. The van der Waals surface area contributed by atoms with E-state index in [4.69, 9.17) is 19.9 Å². The summed E-state index contributed by atoms with van der Waals surface area (Å²) >= 11 is 0. The molecule has 1 aromatic rings. The van der Waals surface area contributed by atoms with Crippen molar-refractivity contribution in [1.29, 1.82) is 0 Å². The van der Waals surface area contributed by atoms with Gasteiger partial charge in [-0.25, -0.2) is 0 Å². The van der Waals surface area contributed by atoms with E-state index in [1.165, 1.54) is 0 Å². The summed E-state index contributed by atoms with van der Waals surface area (Å²) in [6, 6.07) is 3.58. The van der Waals surface area contributed by atoms with Gasteiger partial charge in [0.2, 0.25) is 6.79 Å². The lowest BCUT2D eigenvalue weighted by Crippen LogP contribution is -1.98. The van der Waals surface area contributed by atoms with Crippen LogP contribution in [0.1, 0.15) is 6.92 Å². The SMILES string of the molecule is CCOc1ccc2c(c1N)OCO2. The molecule has 0 fully saturated rings. The van der Waals surface area contributed by atoms with Gasteiger partial charge in [0, 0.05) is 0 Å². The number of hydrogen-bond donors (Lipinski definition) is 1. The van der Waals surface area contributed by atoms with Crippen LogP contribution < -0.4 is 19.9 Å². The van der Waals surface area contributed by atoms with Crippen LogP contribution in [0.4, 0.5) is 5.69 Å². The Morgan fingerprint density at radius 2 is 2.31 bits per heavy atom. The number of hydrogen-bond acceptors (Lipinski definition) is 4. The normalized spacial score (nSPS) is 13.0. The van der Waals surface area contributed by atoms with Crippen LogP contribution in [-0.4, -0.2) is 13.4 Å². The molecule has 0 unspecified atom stereocenters. The molecule has 13 heavy (non-hydrogen) atoms. The van der Waals surface area contributed by atoms with Crippen molar-refractivity contribution in [2.75, 3.05) is 19.1 Å². The van der Waals surface area contributed by atoms with Gasteiger partial charge in [-0.3, -0.25) is 0 Å². The maximum Gasteiger partial charge on any atom is 0.231 e. The lowest BCUT2D eigenvalue weighted by molar-refractivity contribution is 0.174. The zero-order valence-corrected chi connectivity index (χ0v) is 7.37. The molecule has 1 heterocycles. The number of rotatable bonds is 2. The maximum atomic E-state index is 5.79. The van der Waals surface area contributed by atoms with E-state index in [2.05, 4.69) is 0 Å². The number of nitrogen functional groups attached to an aromatic ring is 1. The number of fused-ring (bicyclic) bond motifs is 1. The Kier molecular flexibility index (Phi) is 1.88. The highest BCUT2D eigenvalue weighted by molar-refractivity contribution is 5.69. The Morgan fingerprint density at radius 3 is 3.08 bits per heavy atom. The predicted molar refractivity (Wildman–Crippen MR) is 48.1 cm³/mol. The molecule has 0 atom stereocenters. The summed E-state index contributed by atoms with van der Waals surface area (Å²) in [6.07, 6.45) is 0. The summed E-state index contributed by atoms with van der Waals surface area (Å²) in [5.41, 5.74) is 6.30. The summed E-state index contributed by atoms with van der Waals surface area (Å²) in [5.74, 6) is 1.92. The third kappa shape index (κ3) is 1.24. The first-order valence-electron chi connectivity index (χ1n) is 4.13. The molecule has 0 radical (unpaired) electrons. The molecule has 0 saturated carbocycles. The van der Waals surface area contributed by atoms with Crippen LogP contribution >= 0.6 is 0 Å². The molecule has 1 aromatic carbocycles. The topological polar surface area (TPSA) is 53.7 Å². The zero-order chi connectivity index (χ0) is 9.26. The molecule has 0 amide bonds. The Labute approximate surface area is 76.2 Å². The van der Waals surface area contributed by atoms with E-state index in [1.54, 1.807) is 12.1 Å². The summed E-state index contributed by atoms with van der Waals surface area (Å²) < 4.78 is 15.6. The Hall–Kier alpha value is -1.58. The standard InChI is InChI=1S/C9H11NO3/c1-2-11-6-3-4-7-9(8(6)10)13-5-12-7/h3-4H,2,5,10H2,1H3. The van der Waals surface area contributed by atoms with Crippen molar-refractivity contribution in [3.63, 3.8) is 0 Å². The summed E-state index contributed by atoms with van der Waals surface area (Å²) in [4.78, 5) is 0. The average Bonchev–Trinajstić information content (AvgIpc) is 2.58. The van der Waals surface area contributed by atoms with Crippen molar-refractivity contribution >= 4 is 5.69 Å². The molecule has 4 heteroatoms. The van der Waals surface area contributed by atoms with Gasteiger partial charge < -0.3 is 19.9 Å². The highest BCUT2D eigenvalue weighted by atomic mass is 16.7. The summed E-state index contributed by atoms with van der Waals surface area (Å²) in [6.45, 7) is 2.73. The van der Waals surface area contributed by atoms with Crippen molar-refractivity contribution in [3.8, 4) is 17.2 Å². The Bertz CT molecular complexity index is 325. The van der Waals surface area contributed by atoms with E-state index in [0.29, 0.717) is 29.5 Å². The van der Waals surface area contributed by atoms with Gasteiger partial charge in [-0.05, 0) is 19.1 Å². The van der Waals surface area contributed by atoms with Crippen molar-refractivity contribution in [2.45, 2.75) is 6.92 Å². The molecule has 0 aromatic heterocycles. The van der Waals surface area contributed by atoms with Crippen molar-refractivity contribution in [1.82, 2.24) is 0 Å². The fourth-order valence-corrected chi connectivity index (χ4v) is 1.26. The van der Waals surface area contributed by atoms with E-state index in [9.17, 15) is 0 Å². The molecule has 1 aliphatic rings. The van der Waals surface area contributed by atoms with E-state index < -0.39 is 0 Å². The van der Waals surface area contributed by atoms with Crippen molar-refractivity contribution in [3.05, 3.63) is 12.1 Å². The summed E-state index contributed by atoms with van der Waals surface area (Å²) in [5, 5.41) is 0. The first-order chi connectivity index (χ1) is 6.33. The number of benzene rings is 1. The predicted octanol–water partition coefficient (Wildman–Crippen LogP) is 1.40. The quantitative estimate of drug-likeness (QED) is 0.700. The van der Waals surface area contributed by atoms with Gasteiger partial charge in [0.15, 0.2) is 11.5 Å². The maximum absolute atomic E-state index is 5.79. The first-order valence-corrected chi connectivity index (χ1v) is 4.13. The van der Waals surface area contributed by atoms with Crippen molar-refractivity contribution < 1.29 is 14.2 Å². The van der Waals surface area contributed by atoms with Crippen LogP contribution in [0, 0.1) is 0 Å². The van der Waals surface area contributed by atoms with Gasteiger partial charge in [0.1, 0.15) is 11.4 Å². The smallest absolute Gasteiger partial charge is 0.231 e. The molecule has 2 N–H and O–H groups in total. The monoisotopic (exact) mass is 181 g/mol. The van der Waals surface area contributed by atoms with Crippen LogP contribution in [0.3, 0.4) is 0 Å². The molecule has 70 valence electrons. The highest BCUT2D eigenvalue weighted by Gasteiger charge is 2.19. The zero-order valence-electron chi connectivity index (χ0n) is 7.37. The average molecular weight is 181 g/mol. The van der Waals surface area contributed by atoms with Crippen LogP contribution in [0.2, 0.25) is 0 Å². The van der Waals surface area contributed by atoms with E-state index >= 15 is 0 Å². The van der Waals surface area contributed by atoms with Crippen LogP contribution in [-0.2, 0) is 0 Å². The number of nitrogens with two attached hydrogens (primary N) is 1. The van der Waals surface area contributed by atoms with Gasteiger partial charge in [-0.2, -0.15) is 0 Å². The molecule has 0 spiro atoms. The molecule has 0 bridgehead atoms. The molecule has 0 aliphatic carbocycles. The van der Waals surface area contributed by atoms with Crippen LogP contribution in [0.5, 0.6) is 17.2 Å². The second kappa shape index (κ2) is 3.05. The molecular formula is C9H11NO3. The Morgan fingerprint density at radius 1 is 1.46 bits per heavy atom. The van der Waals surface area contributed by atoms with Crippen molar-refractivity contribution in [2.24, 2.45) is 0 Å². The third-order valence-electron chi connectivity index (χ3n) is 1.84. The minimum Gasteiger partial charge on any atom is -0.492 e. The van der Waals surface area contributed by atoms with E-state index in [0.717, 1.165) is 0 Å². The molecule has 4 nitrogen and oxygen atoms in total. The largest absolute Gasteiger partial charge is 0.492 e. The fraction of sp³-hybridized carbons (Fsp3) is 0.333. The van der Waals surface area contributed by atoms with Crippen LogP contribution in [0.25, 0.3) is 0 Å². The minimum absolute atomic E-state index is 0.231. The highest BCUT2D eigenvalue weighted by Crippen LogP contribution is 2.42. The molecule has 2 rings (SSSR count). The van der Waals surface area contributed by atoms with Gasteiger partial charge in [0.05, 0.1) is 6.61 Å². The van der Waals surface area contributed by atoms with Gasteiger partial charge in [0.25, 0.3) is 0 Å². The van der Waals surface area contributed by atoms with E-state index in [-0.39, 0.29) is 6.79 Å². The molecule has 1 aliphatic heterocycles. The molecular weight excluding hydrogens is 170 g/mol. The fourth-order valence-electron chi connectivity index (χ4n) is 1.26. The Balaban J connectivity index is 2.40. The van der Waals surface area contributed by atoms with Gasteiger partial charge >= 0.3 is 0 Å². The van der Waals surface area contributed by atoms with Crippen LogP contribution in [0.15, 0.2) is 12.1 Å².